The quantitative estimate of drug-likeness (QED) is 0.319. The van der Waals surface area contributed by atoms with Crippen LogP contribution in [0.5, 0.6) is 0 Å². The van der Waals surface area contributed by atoms with Crippen molar-refractivity contribution in [1.29, 1.82) is 0 Å². The Bertz CT molecular complexity index is 1810. The van der Waals surface area contributed by atoms with Crippen molar-refractivity contribution in [2.24, 2.45) is 0 Å². The molecule has 1 saturated carbocycles. The Morgan fingerprint density at radius 1 is 1.18 bits per heavy atom. The van der Waals surface area contributed by atoms with Gasteiger partial charge in [0.05, 0.1) is 33.5 Å². The number of hydrogen-bond acceptors (Lipinski definition) is 9. The number of pyridine rings is 1. The maximum Gasteiger partial charge on any atom is 0.269 e. The molecule has 1 aromatic carbocycles. The Morgan fingerprint density at radius 2 is 1.90 bits per heavy atom. The Hall–Kier alpha value is -3.13. The summed E-state index contributed by atoms with van der Waals surface area (Å²) in [5.74, 6) is -1.45. The van der Waals surface area contributed by atoms with E-state index < -0.39 is 37.3 Å². The zero-order valence-corrected chi connectivity index (χ0v) is 24.1. The maximum absolute atomic E-state index is 15.0. The van der Waals surface area contributed by atoms with Gasteiger partial charge in [0.2, 0.25) is 0 Å². The highest BCUT2D eigenvalue weighted by Crippen LogP contribution is 2.36. The molecular weight excluding hydrogens is 581 g/mol. The maximum atomic E-state index is 15.0. The molecule has 0 unspecified atom stereocenters. The van der Waals surface area contributed by atoms with Gasteiger partial charge in [-0.15, -0.1) is 0 Å². The van der Waals surface area contributed by atoms with Gasteiger partial charge in [-0.2, -0.15) is 0 Å². The van der Waals surface area contributed by atoms with Crippen LogP contribution in [0.4, 0.5) is 10.2 Å². The molecule has 0 aliphatic heterocycles. The highest BCUT2D eigenvalue weighted by atomic mass is 35.5. The van der Waals surface area contributed by atoms with Crippen LogP contribution in [0.15, 0.2) is 53.8 Å². The van der Waals surface area contributed by atoms with E-state index in [2.05, 4.69) is 20.3 Å². The number of sulfone groups is 1. The minimum Gasteiger partial charge on any atom is -0.393 e. The smallest absolute Gasteiger partial charge is 0.269 e. The number of anilines is 1. The molecule has 5 rings (SSSR count). The van der Waals surface area contributed by atoms with Crippen molar-refractivity contribution in [2.45, 2.75) is 49.1 Å². The first kappa shape index (κ1) is 28.4. The van der Waals surface area contributed by atoms with E-state index >= 15 is 4.39 Å². The molecule has 40 heavy (non-hydrogen) atoms. The molecule has 3 heterocycles. The van der Waals surface area contributed by atoms with Crippen LogP contribution in [-0.4, -0.2) is 64.5 Å². The molecule has 2 atom stereocenters. The number of aliphatic hydroxyl groups is 1. The molecular formula is C26H27ClFN5O5S2. The van der Waals surface area contributed by atoms with E-state index in [1.54, 1.807) is 12.1 Å². The normalized spacial score (nSPS) is 20.1. The lowest BCUT2D eigenvalue weighted by Gasteiger charge is -2.40. The van der Waals surface area contributed by atoms with Crippen molar-refractivity contribution in [1.82, 2.24) is 18.9 Å². The number of hydrogen-bond donors (Lipinski definition) is 2. The minimum absolute atomic E-state index is 0.0262. The molecule has 0 saturated heterocycles. The third-order valence-corrected chi connectivity index (χ3v) is 9.83. The summed E-state index contributed by atoms with van der Waals surface area (Å²) in [5.41, 5.74) is 0.0439. The molecule has 2 N–H and O–H groups in total. The third-order valence-electron chi connectivity index (χ3n) is 6.88. The molecule has 1 aliphatic rings. The van der Waals surface area contributed by atoms with Gasteiger partial charge in [0.15, 0.2) is 23.1 Å². The topological polar surface area (TPSA) is 144 Å². The lowest BCUT2D eigenvalue weighted by molar-refractivity contribution is 0.101. The van der Waals surface area contributed by atoms with Crippen molar-refractivity contribution in [3.05, 3.63) is 65.3 Å². The predicted octanol–water partition coefficient (Wildman–Crippen LogP) is 3.96. The molecule has 14 heteroatoms. The number of halogens is 2. The van der Waals surface area contributed by atoms with Crippen LogP contribution in [0.2, 0.25) is 5.02 Å². The first-order valence-corrected chi connectivity index (χ1v) is 16.3. The highest BCUT2D eigenvalue weighted by Gasteiger charge is 2.39. The molecule has 0 bridgehead atoms. The van der Waals surface area contributed by atoms with Gasteiger partial charge in [0.25, 0.3) is 10.0 Å². The first-order valence-electron chi connectivity index (χ1n) is 12.4. The van der Waals surface area contributed by atoms with Crippen LogP contribution < -0.4 is 5.32 Å². The molecule has 212 valence electrons. The fraction of sp³-hybridized carbons (Fsp3) is 0.346. The van der Waals surface area contributed by atoms with Gasteiger partial charge in [-0.1, -0.05) is 29.3 Å². The van der Waals surface area contributed by atoms with Gasteiger partial charge in [-0.05, 0) is 50.8 Å². The monoisotopic (exact) mass is 607 g/mol. The standard InChI is InChI=1S/C26H27ClFN5O5S2/c1-16-5-7-19(8-6-16)40(37,38)33-14-21(20-10-17(27)12-30-25(20)33)23-29-13-22(28)24(31-23)32-26(15-39(2,35)36)9-3-4-18(34)11-26/h5-8,10,12-14,18,34H,3-4,9,11,15H2,1-2H3,(H,29,31,32)/t18-,26+/m0/s1. The average Bonchev–Trinajstić information content (AvgIpc) is 3.24. The molecule has 1 fully saturated rings. The van der Waals surface area contributed by atoms with Crippen LogP contribution in [-0.2, 0) is 19.9 Å². The molecule has 10 nitrogen and oxygen atoms in total. The van der Waals surface area contributed by atoms with Crippen LogP contribution >= 0.6 is 11.6 Å². The number of rotatable bonds is 7. The number of nitrogens with zero attached hydrogens (tertiary/aromatic N) is 4. The zero-order chi connectivity index (χ0) is 28.9. The molecule has 3 aromatic heterocycles. The summed E-state index contributed by atoms with van der Waals surface area (Å²) in [4.78, 5) is 12.7. The van der Waals surface area contributed by atoms with E-state index in [4.69, 9.17) is 11.6 Å². The van der Waals surface area contributed by atoms with E-state index in [1.165, 1.54) is 30.6 Å². The van der Waals surface area contributed by atoms with Gasteiger partial charge < -0.3 is 10.4 Å². The summed E-state index contributed by atoms with van der Waals surface area (Å²) in [6.45, 7) is 1.84. The van der Waals surface area contributed by atoms with Crippen molar-refractivity contribution in [3.63, 3.8) is 0 Å². The van der Waals surface area contributed by atoms with E-state index in [0.717, 1.165) is 22.0 Å². The summed E-state index contributed by atoms with van der Waals surface area (Å²) in [5, 5.41) is 13.8. The predicted molar refractivity (Wildman–Crippen MR) is 150 cm³/mol. The van der Waals surface area contributed by atoms with Gasteiger partial charge in [-0.25, -0.2) is 40.2 Å². The molecule has 0 radical (unpaired) electrons. The molecule has 1 aliphatic carbocycles. The fourth-order valence-electron chi connectivity index (χ4n) is 5.19. The summed E-state index contributed by atoms with van der Waals surface area (Å²) < 4.78 is 67.7. The van der Waals surface area contributed by atoms with Gasteiger partial charge in [0.1, 0.15) is 9.84 Å². The second-order valence-electron chi connectivity index (χ2n) is 10.3. The van der Waals surface area contributed by atoms with Gasteiger partial charge in [-0.3, -0.25) is 0 Å². The van der Waals surface area contributed by atoms with Crippen molar-refractivity contribution < 1.29 is 26.3 Å². The molecule has 0 spiro atoms. The lowest BCUT2D eigenvalue weighted by Crippen LogP contribution is -2.50. The van der Waals surface area contributed by atoms with Crippen molar-refractivity contribution in [3.8, 4) is 11.4 Å². The number of aromatic nitrogens is 4. The summed E-state index contributed by atoms with van der Waals surface area (Å²) in [6.07, 6.45) is 5.38. The van der Waals surface area contributed by atoms with Gasteiger partial charge >= 0.3 is 0 Å². The molecule has 0 amide bonds. The largest absolute Gasteiger partial charge is 0.393 e. The Balaban J connectivity index is 1.63. The van der Waals surface area contributed by atoms with Crippen LogP contribution in [0.3, 0.4) is 0 Å². The van der Waals surface area contributed by atoms with Gasteiger partial charge in [0, 0.05) is 29.6 Å². The van der Waals surface area contributed by atoms with Crippen molar-refractivity contribution in [2.75, 3.05) is 17.3 Å². The Kier molecular flexibility index (Phi) is 7.36. The third kappa shape index (κ3) is 5.69. The van der Waals surface area contributed by atoms with E-state index in [-0.39, 0.29) is 44.9 Å². The average molecular weight is 608 g/mol. The number of benzene rings is 1. The lowest BCUT2D eigenvalue weighted by atomic mass is 9.81. The Morgan fingerprint density at radius 3 is 2.58 bits per heavy atom. The fourth-order valence-corrected chi connectivity index (χ4v) is 8.01. The summed E-state index contributed by atoms with van der Waals surface area (Å²) in [6, 6.07) is 7.85. The van der Waals surface area contributed by atoms with E-state index in [9.17, 15) is 21.9 Å². The summed E-state index contributed by atoms with van der Waals surface area (Å²) in [7, 11) is -7.60. The minimum atomic E-state index is -4.09. The number of nitrogens with one attached hydrogen (secondary N) is 1. The van der Waals surface area contributed by atoms with E-state index in [0.29, 0.717) is 24.6 Å². The SMILES string of the molecule is Cc1ccc(S(=O)(=O)n2cc(-c3ncc(F)c(N[C@]4(CS(C)(=O)=O)CCC[C@H](O)C4)n3)c3cc(Cl)cnc32)cc1. The highest BCUT2D eigenvalue weighted by molar-refractivity contribution is 7.90. The summed E-state index contributed by atoms with van der Waals surface area (Å²) >= 11 is 6.20. The second-order valence-corrected chi connectivity index (χ2v) is 14.7. The number of aliphatic hydroxyl groups excluding tert-OH is 1. The van der Waals surface area contributed by atoms with E-state index in [1.807, 2.05) is 6.92 Å². The Labute approximate surface area is 236 Å². The number of aryl methyl sites for hydroxylation is 1. The van der Waals surface area contributed by atoms with Crippen LogP contribution in [0.25, 0.3) is 22.4 Å². The number of fused-ring (bicyclic) bond motifs is 1. The van der Waals surface area contributed by atoms with Crippen molar-refractivity contribution >= 4 is 48.3 Å². The van der Waals surface area contributed by atoms with Crippen LogP contribution in [0.1, 0.15) is 31.2 Å². The molecule has 4 aromatic rings. The zero-order valence-electron chi connectivity index (χ0n) is 21.7. The first-order chi connectivity index (χ1) is 18.8. The second kappa shape index (κ2) is 10.4. The van der Waals surface area contributed by atoms with Crippen LogP contribution in [0, 0.1) is 12.7 Å².